The van der Waals surface area contributed by atoms with Crippen LogP contribution in [0.25, 0.3) is 0 Å². The molecule has 1 heterocycles. The minimum absolute atomic E-state index is 0.196. The first-order chi connectivity index (χ1) is 10.7. The Labute approximate surface area is 140 Å². The van der Waals surface area contributed by atoms with Crippen LogP contribution in [0, 0.1) is 3.57 Å². The maximum atomic E-state index is 11.8. The molecule has 0 atom stereocenters. The summed E-state index contributed by atoms with van der Waals surface area (Å²) in [5.41, 5.74) is 3.35. The second kappa shape index (κ2) is 7.69. The van der Waals surface area contributed by atoms with Gasteiger partial charge < -0.3 is 9.47 Å². The number of nitrogens with one attached hydrogen (secondary N) is 1. The minimum atomic E-state index is -0.431. The third-order valence-electron chi connectivity index (χ3n) is 2.63. The fraction of sp³-hybridized carbons (Fsp3) is 0.143. The monoisotopic (exact) mass is 412 g/mol. The maximum Gasteiger partial charge on any atom is 0.291 e. The lowest BCUT2D eigenvalue weighted by atomic mass is 10.2. The minimum Gasteiger partial charge on any atom is -0.493 e. The molecular weight excluding hydrogens is 399 g/mol. The normalized spacial score (nSPS) is 10.5. The van der Waals surface area contributed by atoms with Crippen LogP contribution in [-0.4, -0.2) is 36.3 Å². The molecule has 114 valence electrons. The highest BCUT2D eigenvalue weighted by Crippen LogP contribution is 2.32. The molecule has 22 heavy (non-hydrogen) atoms. The fourth-order valence-corrected chi connectivity index (χ4v) is 2.50. The van der Waals surface area contributed by atoms with Crippen molar-refractivity contribution >= 4 is 34.7 Å². The topological polar surface area (TPSA) is 85.7 Å². The van der Waals surface area contributed by atoms with Gasteiger partial charge in [-0.25, -0.2) is 10.4 Å². The molecule has 1 N–H and O–H groups in total. The van der Waals surface area contributed by atoms with E-state index < -0.39 is 5.91 Å². The van der Waals surface area contributed by atoms with Gasteiger partial charge in [0.15, 0.2) is 11.5 Å². The van der Waals surface area contributed by atoms with Gasteiger partial charge in [0, 0.05) is 12.4 Å². The number of rotatable bonds is 5. The van der Waals surface area contributed by atoms with Crippen LogP contribution in [0.5, 0.6) is 11.5 Å². The van der Waals surface area contributed by atoms with E-state index in [1.54, 1.807) is 20.3 Å². The van der Waals surface area contributed by atoms with Crippen molar-refractivity contribution in [2.45, 2.75) is 0 Å². The molecule has 8 heteroatoms. The number of aromatic nitrogens is 2. The molecule has 0 unspecified atom stereocenters. The van der Waals surface area contributed by atoms with Crippen molar-refractivity contribution in [1.29, 1.82) is 0 Å². The smallest absolute Gasteiger partial charge is 0.291 e. The van der Waals surface area contributed by atoms with Gasteiger partial charge in [-0.05, 0) is 40.3 Å². The molecular formula is C14H13IN4O3. The van der Waals surface area contributed by atoms with E-state index >= 15 is 0 Å². The van der Waals surface area contributed by atoms with Crippen molar-refractivity contribution in [2.24, 2.45) is 5.10 Å². The SMILES string of the molecule is COc1cc(/C=N\NC(=O)c2cnccn2)cc(I)c1OC. The van der Waals surface area contributed by atoms with Crippen LogP contribution in [-0.2, 0) is 0 Å². The van der Waals surface area contributed by atoms with Crippen molar-refractivity contribution in [1.82, 2.24) is 15.4 Å². The van der Waals surface area contributed by atoms with Crippen molar-refractivity contribution in [3.8, 4) is 11.5 Å². The van der Waals surface area contributed by atoms with Crippen molar-refractivity contribution in [2.75, 3.05) is 14.2 Å². The summed E-state index contributed by atoms with van der Waals surface area (Å²) < 4.78 is 11.4. The van der Waals surface area contributed by atoms with Gasteiger partial charge in [-0.1, -0.05) is 0 Å². The van der Waals surface area contributed by atoms with Crippen LogP contribution in [0.1, 0.15) is 16.1 Å². The molecule has 1 amide bonds. The molecule has 0 saturated carbocycles. The lowest BCUT2D eigenvalue weighted by Gasteiger charge is -2.10. The predicted molar refractivity (Wildman–Crippen MR) is 89.4 cm³/mol. The zero-order valence-corrected chi connectivity index (χ0v) is 14.1. The Kier molecular flexibility index (Phi) is 5.64. The van der Waals surface area contributed by atoms with E-state index in [9.17, 15) is 4.79 Å². The van der Waals surface area contributed by atoms with Crippen molar-refractivity contribution in [3.05, 3.63) is 45.6 Å². The largest absolute Gasteiger partial charge is 0.493 e. The molecule has 0 spiro atoms. The number of carbonyl (C=O) groups excluding carboxylic acids is 1. The number of methoxy groups -OCH3 is 2. The van der Waals surface area contributed by atoms with Gasteiger partial charge in [0.1, 0.15) is 5.69 Å². The number of hydrazone groups is 1. The van der Waals surface area contributed by atoms with Crippen LogP contribution in [0.2, 0.25) is 0 Å². The molecule has 0 fully saturated rings. The van der Waals surface area contributed by atoms with Crippen LogP contribution in [0.4, 0.5) is 0 Å². The Morgan fingerprint density at radius 3 is 2.77 bits per heavy atom. The third-order valence-corrected chi connectivity index (χ3v) is 3.43. The third kappa shape index (κ3) is 3.91. The second-order valence-corrected chi connectivity index (χ2v) is 5.19. The average Bonchev–Trinajstić information content (AvgIpc) is 2.55. The highest BCUT2D eigenvalue weighted by atomic mass is 127. The molecule has 2 rings (SSSR count). The standard InChI is InChI=1S/C14H13IN4O3/c1-21-12-6-9(5-10(15)13(12)22-2)7-18-19-14(20)11-8-16-3-4-17-11/h3-8H,1-2H3,(H,19,20)/b18-7-. The number of carbonyl (C=O) groups is 1. The Morgan fingerprint density at radius 1 is 1.32 bits per heavy atom. The van der Waals surface area contributed by atoms with Gasteiger partial charge in [-0.3, -0.25) is 9.78 Å². The lowest BCUT2D eigenvalue weighted by Crippen LogP contribution is -2.19. The second-order valence-electron chi connectivity index (χ2n) is 4.03. The first-order valence-electron chi connectivity index (χ1n) is 6.16. The molecule has 2 aromatic rings. The number of hydrogen-bond donors (Lipinski definition) is 1. The Balaban J connectivity index is 2.10. The van der Waals surface area contributed by atoms with E-state index in [2.05, 4.69) is 43.1 Å². The molecule has 0 saturated heterocycles. The molecule has 0 aliphatic carbocycles. The van der Waals surface area contributed by atoms with Gasteiger partial charge in [-0.15, -0.1) is 0 Å². The van der Waals surface area contributed by atoms with E-state index in [1.165, 1.54) is 24.8 Å². The van der Waals surface area contributed by atoms with E-state index in [-0.39, 0.29) is 5.69 Å². The summed E-state index contributed by atoms with van der Waals surface area (Å²) >= 11 is 2.14. The van der Waals surface area contributed by atoms with Gasteiger partial charge in [-0.2, -0.15) is 5.10 Å². The summed E-state index contributed by atoms with van der Waals surface area (Å²) in [6, 6.07) is 3.62. The van der Waals surface area contributed by atoms with Gasteiger partial charge in [0.05, 0.1) is 30.2 Å². The Bertz CT molecular complexity index is 692. The zero-order chi connectivity index (χ0) is 15.9. The number of hydrogen-bond acceptors (Lipinski definition) is 6. The molecule has 0 radical (unpaired) electrons. The Morgan fingerprint density at radius 2 is 2.14 bits per heavy atom. The molecule has 0 aliphatic rings. The number of amides is 1. The summed E-state index contributed by atoms with van der Waals surface area (Å²) in [7, 11) is 3.14. The number of ether oxygens (including phenoxy) is 2. The van der Waals surface area contributed by atoms with Crippen molar-refractivity contribution < 1.29 is 14.3 Å². The average molecular weight is 412 g/mol. The number of nitrogens with zero attached hydrogens (tertiary/aromatic N) is 3. The summed E-state index contributed by atoms with van der Waals surface area (Å²) in [6.45, 7) is 0. The van der Waals surface area contributed by atoms with Gasteiger partial charge in [0.2, 0.25) is 0 Å². The predicted octanol–water partition coefficient (Wildman–Crippen LogP) is 1.86. The summed E-state index contributed by atoms with van der Waals surface area (Å²) in [5.74, 6) is 0.819. The number of halogens is 1. The summed E-state index contributed by atoms with van der Waals surface area (Å²) in [4.78, 5) is 19.5. The van der Waals surface area contributed by atoms with Crippen LogP contribution in [0.15, 0.2) is 35.8 Å². The van der Waals surface area contributed by atoms with Crippen molar-refractivity contribution in [3.63, 3.8) is 0 Å². The number of benzene rings is 1. The zero-order valence-electron chi connectivity index (χ0n) is 11.9. The first-order valence-corrected chi connectivity index (χ1v) is 7.24. The van der Waals surface area contributed by atoms with Crippen LogP contribution < -0.4 is 14.9 Å². The lowest BCUT2D eigenvalue weighted by molar-refractivity contribution is 0.0949. The quantitative estimate of drug-likeness (QED) is 0.461. The van der Waals surface area contributed by atoms with Crippen LogP contribution >= 0.6 is 22.6 Å². The molecule has 7 nitrogen and oxygen atoms in total. The van der Waals surface area contributed by atoms with E-state index in [0.717, 1.165) is 9.13 Å². The van der Waals surface area contributed by atoms with E-state index in [1.807, 2.05) is 6.07 Å². The highest BCUT2D eigenvalue weighted by Gasteiger charge is 2.10. The maximum absolute atomic E-state index is 11.8. The van der Waals surface area contributed by atoms with Crippen LogP contribution in [0.3, 0.4) is 0 Å². The molecule has 1 aromatic carbocycles. The highest BCUT2D eigenvalue weighted by molar-refractivity contribution is 14.1. The fourth-order valence-electron chi connectivity index (χ4n) is 1.65. The van der Waals surface area contributed by atoms with Gasteiger partial charge in [0.25, 0.3) is 5.91 Å². The summed E-state index contributed by atoms with van der Waals surface area (Å²) in [5, 5.41) is 3.90. The summed E-state index contributed by atoms with van der Waals surface area (Å²) in [6.07, 6.45) is 5.81. The molecule has 0 bridgehead atoms. The molecule has 1 aromatic heterocycles. The Hall–Kier alpha value is -2.23. The first kappa shape index (κ1) is 16.1. The van der Waals surface area contributed by atoms with E-state index in [0.29, 0.717) is 11.5 Å². The van der Waals surface area contributed by atoms with Gasteiger partial charge >= 0.3 is 0 Å². The van der Waals surface area contributed by atoms with E-state index in [4.69, 9.17) is 9.47 Å². The molecule has 0 aliphatic heterocycles.